The highest BCUT2D eigenvalue weighted by Gasteiger charge is 2.22. The predicted molar refractivity (Wildman–Crippen MR) is 20.8 cm³/mol. The molecule has 38 valence electrons. The fourth-order valence-corrected chi connectivity index (χ4v) is 0. The summed E-state index contributed by atoms with van der Waals surface area (Å²) in [6.07, 6.45) is -3.90. The van der Waals surface area contributed by atoms with E-state index in [4.69, 9.17) is 0 Å². The third-order valence-corrected chi connectivity index (χ3v) is 1.20. The molecule has 0 unspecified atom stereocenters. The highest BCUT2D eigenvalue weighted by molar-refractivity contribution is 6.08. The highest BCUT2D eigenvalue weighted by Crippen LogP contribution is 2.16. The third kappa shape index (κ3) is 4.01. The topological polar surface area (TPSA) is 0 Å². The molecule has 0 aliphatic heterocycles. The molecular formula is C2H5F3Si. The minimum Gasteiger partial charge on any atom is -0.172 e. The van der Waals surface area contributed by atoms with Crippen LogP contribution >= 0.6 is 0 Å². The number of alkyl halides is 3. The summed E-state index contributed by atoms with van der Waals surface area (Å²) in [7, 11) is 0.223. The maximum Gasteiger partial charge on any atom is 0.386 e. The van der Waals surface area contributed by atoms with E-state index >= 15 is 0 Å². The van der Waals surface area contributed by atoms with Crippen molar-refractivity contribution in [2.45, 2.75) is 12.2 Å². The SMILES string of the molecule is FC(F)(F)C[SiH3]. The Morgan fingerprint density at radius 2 is 1.50 bits per heavy atom. The van der Waals surface area contributed by atoms with Gasteiger partial charge in [-0.05, 0) is 0 Å². The van der Waals surface area contributed by atoms with Gasteiger partial charge in [-0.15, -0.1) is 0 Å². The summed E-state index contributed by atoms with van der Waals surface area (Å²) in [5.74, 6) is 0. The molecule has 0 aromatic heterocycles. The Bertz CT molecular complexity index is 38.5. The van der Waals surface area contributed by atoms with Crippen LogP contribution in [0.5, 0.6) is 0 Å². The second-order valence-corrected chi connectivity index (χ2v) is 1.68. The first-order chi connectivity index (χ1) is 2.56. The van der Waals surface area contributed by atoms with E-state index in [0.717, 1.165) is 0 Å². The van der Waals surface area contributed by atoms with Crippen molar-refractivity contribution >= 4 is 10.2 Å². The number of rotatable bonds is 0. The molecule has 0 aromatic carbocycles. The van der Waals surface area contributed by atoms with Crippen molar-refractivity contribution in [1.82, 2.24) is 0 Å². The van der Waals surface area contributed by atoms with Gasteiger partial charge in [0.2, 0.25) is 0 Å². The summed E-state index contributed by atoms with van der Waals surface area (Å²) in [4.78, 5) is 0. The molecule has 0 radical (unpaired) electrons. The van der Waals surface area contributed by atoms with Gasteiger partial charge in [-0.1, -0.05) is 0 Å². The lowest BCUT2D eigenvalue weighted by Crippen LogP contribution is -2.03. The summed E-state index contributed by atoms with van der Waals surface area (Å²) < 4.78 is 32.5. The van der Waals surface area contributed by atoms with Crippen LogP contribution in [0.4, 0.5) is 13.2 Å². The van der Waals surface area contributed by atoms with Gasteiger partial charge in [0.1, 0.15) is 0 Å². The number of hydrogen-bond acceptors (Lipinski definition) is 0. The lowest BCUT2D eigenvalue weighted by molar-refractivity contribution is -0.109. The number of halogens is 3. The first kappa shape index (κ1) is 6.01. The van der Waals surface area contributed by atoms with Crippen molar-refractivity contribution in [2.75, 3.05) is 0 Å². The van der Waals surface area contributed by atoms with Crippen LogP contribution in [0.2, 0.25) is 6.04 Å². The second kappa shape index (κ2) is 1.64. The van der Waals surface area contributed by atoms with E-state index in [1.807, 2.05) is 0 Å². The summed E-state index contributed by atoms with van der Waals surface area (Å²) >= 11 is 0. The van der Waals surface area contributed by atoms with Gasteiger partial charge in [-0.3, -0.25) is 0 Å². The van der Waals surface area contributed by atoms with Gasteiger partial charge in [0.05, 0.1) is 0 Å². The predicted octanol–water partition coefficient (Wildman–Crippen LogP) is 0.332. The average Bonchev–Trinajstić information content (AvgIpc) is 1.35. The van der Waals surface area contributed by atoms with Crippen molar-refractivity contribution in [3.8, 4) is 0 Å². The minimum atomic E-state index is -3.90. The maximum absolute atomic E-state index is 10.8. The Morgan fingerprint density at radius 1 is 1.33 bits per heavy atom. The molecular weight excluding hydrogens is 109 g/mol. The first-order valence-corrected chi connectivity index (χ1v) is 3.04. The molecule has 0 aliphatic rings. The Labute approximate surface area is 36.8 Å². The average molecular weight is 114 g/mol. The zero-order chi connectivity index (χ0) is 5.21. The largest absolute Gasteiger partial charge is 0.386 e. The molecule has 0 N–H and O–H groups in total. The molecule has 0 bridgehead atoms. The van der Waals surface area contributed by atoms with Crippen LogP contribution in [0.25, 0.3) is 0 Å². The molecule has 0 spiro atoms. The van der Waals surface area contributed by atoms with Crippen molar-refractivity contribution in [2.24, 2.45) is 0 Å². The van der Waals surface area contributed by atoms with E-state index in [2.05, 4.69) is 0 Å². The van der Waals surface area contributed by atoms with E-state index in [1.165, 1.54) is 0 Å². The summed E-state index contributed by atoms with van der Waals surface area (Å²) in [5.41, 5.74) is 0. The molecule has 0 aliphatic carbocycles. The summed E-state index contributed by atoms with van der Waals surface area (Å²) in [5, 5.41) is 0. The van der Waals surface area contributed by atoms with E-state index in [0.29, 0.717) is 0 Å². The Kier molecular flexibility index (Phi) is 1.64. The molecule has 0 aromatic rings. The fraction of sp³-hybridized carbons (Fsp3) is 1.00. The lowest BCUT2D eigenvalue weighted by atomic mass is 10.8. The molecule has 0 fully saturated rings. The second-order valence-electron chi connectivity index (χ2n) is 0.969. The molecule has 0 saturated heterocycles. The molecule has 0 saturated carbocycles. The van der Waals surface area contributed by atoms with E-state index in [-0.39, 0.29) is 10.2 Å². The molecule has 0 nitrogen and oxygen atoms in total. The van der Waals surface area contributed by atoms with E-state index in [9.17, 15) is 13.2 Å². The van der Waals surface area contributed by atoms with Gasteiger partial charge in [0.15, 0.2) is 0 Å². The third-order valence-electron chi connectivity index (χ3n) is 0.401. The van der Waals surface area contributed by atoms with Gasteiger partial charge in [0.25, 0.3) is 0 Å². The zero-order valence-corrected chi connectivity index (χ0v) is 5.34. The smallest absolute Gasteiger partial charge is 0.172 e. The Balaban J connectivity index is 3.17. The maximum atomic E-state index is 10.8. The van der Waals surface area contributed by atoms with Crippen LogP contribution in [-0.2, 0) is 0 Å². The van der Waals surface area contributed by atoms with Gasteiger partial charge in [-0.25, -0.2) is 0 Å². The Morgan fingerprint density at radius 3 is 1.50 bits per heavy atom. The van der Waals surface area contributed by atoms with E-state index in [1.54, 1.807) is 0 Å². The molecule has 6 heavy (non-hydrogen) atoms. The monoisotopic (exact) mass is 114 g/mol. The summed E-state index contributed by atoms with van der Waals surface area (Å²) in [6.45, 7) is 0. The fourth-order valence-electron chi connectivity index (χ4n) is 0. The van der Waals surface area contributed by atoms with Crippen LogP contribution in [0.15, 0.2) is 0 Å². The molecule has 0 heterocycles. The van der Waals surface area contributed by atoms with Gasteiger partial charge in [0, 0.05) is 16.3 Å². The first-order valence-electron chi connectivity index (χ1n) is 1.63. The van der Waals surface area contributed by atoms with Gasteiger partial charge in [-0.2, -0.15) is 13.2 Å². The lowest BCUT2D eigenvalue weighted by Gasteiger charge is -1.96. The van der Waals surface area contributed by atoms with Crippen LogP contribution in [-0.4, -0.2) is 16.4 Å². The minimum absolute atomic E-state index is 0.223. The van der Waals surface area contributed by atoms with Crippen LogP contribution < -0.4 is 0 Å². The van der Waals surface area contributed by atoms with Crippen LogP contribution in [0, 0.1) is 0 Å². The van der Waals surface area contributed by atoms with Gasteiger partial charge < -0.3 is 0 Å². The molecule has 0 amide bonds. The van der Waals surface area contributed by atoms with Crippen LogP contribution in [0.3, 0.4) is 0 Å². The van der Waals surface area contributed by atoms with Crippen molar-refractivity contribution < 1.29 is 13.2 Å². The van der Waals surface area contributed by atoms with Crippen LogP contribution in [0.1, 0.15) is 0 Å². The molecule has 0 atom stereocenters. The quantitative estimate of drug-likeness (QED) is 0.398. The van der Waals surface area contributed by atoms with Crippen molar-refractivity contribution in [3.05, 3.63) is 0 Å². The normalized spacial score (nSPS) is 12.5. The zero-order valence-electron chi connectivity index (χ0n) is 3.34. The van der Waals surface area contributed by atoms with E-state index < -0.39 is 12.2 Å². The van der Waals surface area contributed by atoms with Crippen molar-refractivity contribution in [3.63, 3.8) is 0 Å². The Hall–Kier alpha value is 0.00688. The number of hydrogen-bond donors (Lipinski definition) is 0. The van der Waals surface area contributed by atoms with Gasteiger partial charge >= 0.3 is 6.18 Å². The molecule has 4 heteroatoms. The standard InChI is InChI=1S/C2H5F3Si/c3-2(4,5)1-6/h1H2,6H3. The van der Waals surface area contributed by atoms with Crippen molar-refractivity contribution in [1.29, 1.82) is 0 Å². The molecule has 0 rings (SSSR count). The highest BCUT2D eigenvalue weighted by atomic mass is 28.1. The summed E-state index contributed by atoms with van der Waals surface area (Å²) in [6, 6.07) is -0.590.